The van der Waals surface area contributed by atoms with E-state index in [1.54, 1.807) is 12.1 Å². The average molecular weight is 361 g/mol. The standard InChI is InChI=1S/C22H23N3O2/c1-16(2)23-22(27)20(17-9-4-3-5-10-17)24-21(26)18-11-8-12-19(15-18)25-13-6-7-14-25/h3-16,20H,1-2H3,(H,23,27)(H,24,26)/t20-/m0/s1. The van der Waals surface area contributed by atoms with Gasteiger partial charge in [0.05, 0.1) is 0 Å². The van der Waals surface area contributed by atoms with Crippen LogP contribution in [-0.4, -0.2) is 22.4 Å². The summed E-state index contributed by atoms with van der Waals surface area (Å²) in [6.45, 7) is 3.78. The molecule has 1 heterocycles. The molecule has 3 rings (SSSR count). The summed E-state index contributed by atoms with van der Waals surface area (Å²) in [6, 6.07) is 19.6. The van der Waals surface area contributed by atoms with Gasteiger partial charge in [0.1, 0.15) is 6.04 Å². The van der Waals surface area contributed by atoms with Crippen molar-refractivity contribution in [2.24, 2.45) is 0 Å². The van der Waals surface area contributed by atoms with Crippen LogP contribution in [0.4, 0.5) is 0 Å². The summed E-state index contributed by atoms with van der Waals surface area (Å²) in [5.74, 6) is -0.525. The summed E-state index contributed by atoms with van der Waals surface area (Å²) in [5.41, 5.74) is 2.13. The van der Waals surface area contributed by atoms with Gasteiger partial charge in [-0.1, -0.05) is 36.4 Å². The second kappa shape index (κ2) is 8.36. The fraction of sp³-hybridized carbons (Fsp3) is 0.182. The van der Waals surface area contributed by atoms with Crippen LogP contribution in [0, 0.1) is 0 Å². The van der Waals surface area contributed by atoms with Crippen LogP contribution in [0.2, 0.25) is 0 Å². The van der Waals surface area contributed by atoms with Gasteiger partial charge in [0.15, 0.2) is 0 Å². The second-order valence-electron chi connectivity index (χ2n) is 6.62. The van der Waals surface area contributed by atoms with E-state index in [0.29, 0.717) is 5.56 Å². The maximum atomic E-state index is 12.8. The fourth-order valence-corrected chi connectivity index (χ4v) is 2.84. The van der Waals surface area contributed by atoms with E-state index in [-0.39, 0.29) is 17.9 Å². The zero-order valence-electron chi connectivity index (χ0n) is 15.4. The predicted octanol–water partition coefficient (Wildman–Crippen LogP) is 3.47. The topological polar surface area (TPSA) is 63.1 Å². The van der Waals surface area contributed by atoms with Gasteiger partial charge in [-0.2, -0.15) is 0 Å². The molecule has 3 aromatic rings. The summed E-state index contributed by atoms with van der Waals surface area (Å²) in [7, 11) is 0. The van der Waals surface area contributed by atoms with Crippen LogP contribution >= 0.6 is 0 Å². The first kappa shape index (κ1) is 18.5. The highest BCUT2D eigenvalue weighted by Crippen LogP contribution is 2.16. The SMILES string of the molecule is CC(C)NC(=O)[C@@H](NC(=O)c1cccc(-n2cccc2)c1)c1ccccc1. The minimum atomic E-state index is -0.753. The Morgan fingerprint density at radius 3 is 2.22 bits per heavy atom. The van der Waals surface area contributed by atoms with Crippen molar-refractivity contribution in [3.63, 3.8) is 0 Å². The molecule has 0 bridgehead atoms. The molecule has 0 aliphatic heterocycles. The van der Waals surface area contributed by atoms with Crippen molar-refractivity contribution in [1.29, 1.82) is 0 Å². The number of hydrogen-bond donors (Lipinski definition) is 2. The molecular weight excluding hydrogens is 338 g/mol. The van der Waals surface area contributed by atoms with Crippen LogP contribution in [0.25, 0.3) is 5.69 Å². The summed E-state index contributed by atoms with van der Waals surface area (Å²) in [6.07, 6.45) is 3.83. The van der Waals surface area contributed by atoms with Gasteiger partial charge in [0, 0.05) is 29.7 Å². The number of hydrogen-bond acceptors (Lipinski definition) is 2. The van der Waals surface area contributed by atoms with Gasteiger partial charge in [-0.3, -0.25) is 9.59 Å². The molecule has 0 unspecified atom stereocenters. The first-order valence-electron chi connectivity index (χ1n) is 8.94. The number of carbonyl (C=O) groups excluding carboxylic acids is 2. The van der Waals surface area contributed by atoms with E-state index in [4.69, 9.17) is 0 Å². The van der Waals surface area contributed by atoms with Crippen molar-refractivity contribution in [1.82, 2.24) is 15.2 Å². The molecule has 1 atom stereocenters. The lowest BCUT2D eigenvalue weighted by atomic mass is 10.0. The molecule has 0 saturated heterocycles. The molecule has 5 nitrogen and oxygen atoms in total. The van der Waals surface area contributed by atoms with Gasteiger partial charge in [-0.05, 0) is 49.7 Å². The molecule has 0 saturated carbocycles. The highest BCUT2D eigenvalue weighted by atomic mass is 16.2. The van der Waals surface area contributed by atoms with Gasteiger partial charge in [0.25, 0.3) is 5.91 Å². The van der Waals surface area contributed by atoms with Crippen LogP contribution in [0.5, 0.6) is 0 Å². The van der Waals surface area contributed by atoms with Crippen molar-refractivity contribution in [2.45, 2.75) is 25.9 Å². The molecule has 2 N–H and O–H groups in total. The number of aromatic nitrogens is 1. The average Bonchev–Trinajstić information content (AvgIpc) is 3.21. The lowest BCUT2D eigenvalue weighted by molar-refractivity contribution is -0.123. The van der Waals surface area contributed by atoms with Gasteiger partial charge in [0.2, 0.25) is 5.91 Å². The van der Waals surface area contributed by atoms with E-state index in [2.05, 4.69) is 10.6 Å². The molecular formula is C22H23N3O2. The van der Waals surface area contributed by atoms with Crippen LogP contribution in [-0.2, 0) is 4.79 Å². The van der Waals surface area contributed by atoms with Crippen LogP contribution in [0.1, 0.15) is 35.8 Å². The molecule has 5 heteroatoms. The summed E-state index contributed by atoms with van der Waals surface area (Å²) < 4.78 is 1.93. The van der Waals surface area contributed by atoms with E-state index in [1.807, 2.05) is 85.4 Å². The molecule has 0 spiro atoms. The predicted molar refractivity (Wildman–Crippen MR) is 106 cm³/mol. The molecule has 0 radical (unpaired) electrons. The van der Waals surface area contributed by atoms with E-state index >= 15 is 0 Å². The number of carbonyl (C=O) groups is 2. The van der Waals surface area contributed by atoms with E-state index in [9.17, 15) is 9.59 Å². The number of rotatable bonds is 6. The smallest absolute Gasteiger partial charge is 0.252 e. The van der Waals surface area contributed by atoms with Crippen LogP contribution in [0.15, 0.2) is 79.1 Å². The number of nitrogens with zero attached hydrogens (tertiary/aromatic N) is 1. The van der Waals surface area contributed by atoms with Crippen molar-refractivity contribution in [3.8, 4) is 5.69 Å². The summed E-state index contributed by atoms with van der Waals surface area (Å²) >= 11 is 0. The molecule has 27 heavy (non-hydrogen) atoms. The van der Waals surface area contributed by atoms with Crippen LogP contribution in [0.3, 0.4) is 0 Å². The Kier molecular flexibility index (Phi) is 5.71. The number of benzene rings is 2. The molecule has 138 valence electrons. The normalized spacial score (nSPS) is 11.8. The van der Waals surface area contributed by atoms with Crippen molar-refractivity contribution >= 4 is 11.8 Å². The van der Waals surface area contributed by atoms with E-state index in [1.165, 1.54) is 0 Å². The Hall–Kier alpha value is -3.34. The third-order valence-corrected chi connectivity index (χ3v) is 4.11. The highest BCUT2D eigenvalue weighted by Gasteiger charge is 2.23. The molecule has 2 amide bonds. The molecule has 0 fully saturated rings. The zero-order valence-corrected chi connectivity index (χ0v) is 15.4. The lowest BCUT2D eigenvalue weighted by Crippen LogP contribution is -2.42. The Bertz CT molecular complexity index is 902. The molecule has 0 aliphatic rings. The Morgan fingerprint density at radius 1 is 0.852 bits per heavy atom. The maximum absolute atomic E-state index is 12.8. The Morgan fingerprint density at radius 2 is 1.56 bits per heavy atom. The number of nitrogens with one attached hydrogen (secondary N) is 2. The van der Waals surface area contributed by atoms with Crippen LogP contribution < -0.4 is 10.6 Å². The molecule has 2 aromatic carbocycles. The van der Waals surface area contributed by atoms with Gasteiger partial charge in [-0.25, -0.2) is 0 Å². The van der Waals surface area contributed by atoms with Crippen molar-refractivity contribution in [2.75, 3.05) is 0 Å². The minimum Gasteiger partial charge on any atom is -0.352 e. The van der Waals surface area contributed by atoms with E-state index < -0.39 is 6.04 Å². The largest absolute Gasteiger partial charge is 0.352 e. The first-order valence-corrected chi connectivity index (χ1v) is 8.94. The Labute approximate surface area is 159 Å². The Balaban J connectivity index is 1.84. The monoisotopic (exact) mass is 361 g/mol. The van der Waals surface area contributed by atoms with Gasteiger partial charge >= 0.3 is 0 Å². The fourth-order valence-electron chi connectivity index (χ4n) is 2.84. The first-order chi connectivity index (χ1) is 13.0. The van der Waals surface area contributed by atoms with Gasteiger partial charge < -0.3 is 15.2 Å². The van der Waals surface area contributed by atoms with Crippen molar-refractivity contribution < 1.29 is 9.59 Å². The van der Waals surface area contributed by atoms with E-state index in [0.717, 1.165) is 11.3 Å². The second-order valence-corrected chi connectivity index (χ2v) is 6.62. The van der Waals surface area contributed by atoms with Gasteiger partial charge in [-0.15, -0.1) is 0 Å². The number of amides is 2. The molecule has 1 aromatic heterocycles. The maximum Gasteiger partial charge on any atom is 0.252 e. The minimum absolute atomic E-state index is 0.0160. The summed E-state index contributed by atoms with van der Waals surface area (Å²) in [5, 5.41) is 5.74. The third-order valence-electron chi connectivity index (χ3n) is 4.11. The third kappa shape index (κ3) is 4.64. The highest BCUT2D eigenvalue weighted by molar-refractivity contribution is 5.98. The zero-order chi connectivity index (χ0) is 19.2. The summed E-state index contributed by atoms with van der Waals surface area (Å²) in [4.78, 5) is 25.5. The molecule has 0 aliphatic carbocycles. The van der Waals surface area contributed by atoms with Crippen molar-refractivity contribution in [3.05, 3.63) is 90.3 Å². The quantitative estimate of drug-likeness (QED) is 0.706. The lowest BCUT2D eigenvalue weighted by Gasteiger charge is -2.20.